The van der Waals surface area contributed by atoms with Gasteiger partial charge in [0.05, 0.1) is 18.2 Å². The van der Waals surface area contributed by atoms with Crippen molar-refractivity contribution >= 4 is 22.9 Å². The summed E-state index contributed by atoms with van der Waals surface area (Å²) in [6.45, 7) is 3.95. The van der Waals surface area contributed by atoms with Crippen molar-refractivity contribution in [1.82, 2.24) is 20.1 Å². The van der Waals surface area contributed by atoms with Crippen LogP contribution in [0.15, 0.2) is 72.8 Å². The predicted octanol–water partition coefficient (Wildman–Crippen LogP) is 5.13. The first-order chi connectivity index (χ1) is 20.1. The van der Waals surface area contributed by atoms with Crippen LogP contribution in [-0.2, 0) is 30.9 Å². The summed E-state index contributed by atoms with van der Waals surface area (Å²) in [5.74, 6) is -0.0673. The Morgan fingerprint density at radius 2 is 1.76 bits per heavy atom. The Morgan fingerprint density at radius 3 is 2.51 bits per heavy atom. The summed E-state index contributed by atoms with van der Waals surface area (Å²) in [5.41, 5.74) is 6.58. The first-order valence-corrected chi connectivity index (χ1v) is 14.2. The van der Waals surface area contributed by atoms with E-state index in [1.807, 2.05) is 72.8 Å². The van der Waals surface area contributed by atoms with E-state index in [9.17, 15) is 9.59 Å². The van der Waals surface area contributed by atoms with E-state index in [4.69, 9.17) is 10.00 Å². The zero-order chi connectivity index (χ0) is 28.2. The van der Waals surface area contributed by atoms with Crippen LogP contribution in [0.4, 0.5) is 4.79 Å². The summed E-state index contributed by atoms with van der Waals surface area (Å²) in [5, 5.41) is 13.2. The van der Waals surface area contributed by atoms with Gasteiger partial charge in [0, 0.05) is 66.4 Å². The molecule has 0 atom stereocenters. The first-order valence-electron chi connectivity index (χ1n) is 14.2. The Labute approximate surface area is 239 Å². The molecule has 6 rings (SSSR count). The zero-order valence-corrected chi connectivity index (χ0v) is 22.9. The molecule has 0 spiro atoms. The van der Waals surface area contributed by atoms with Crippen molar-refractivity contribution in [3.8, 4) is 6.07 Å². The Kier molecular flexibility index (Phi) is 7.70. The van der Waals surface area contributed by atoms with Crippen molar-refractivity contribution in [2.45, 2.75) is 45.0 Å². The van der Waals surface area contributed by atoms with Gasteiger partial charge in [0.15, 0.2) is 0 Å². The summed E-state index contributed by atoms with van der Waals surface area (Å²) in [4.78, 5) is 33.6. The van der Waals surface area contributed by atoms with Gasteiger partial charge in [0.2, 0.25) is 0 Å². The highest BCUT2D eigenvalue weighted by molar-refractivity contribution is 5.99. The molecule has 8 heteroatoms. The molecule has 208 valence electrons. The number of hydrogen-bond acceptors (Lipinski definition) is 5. The molecule has 3 heterocycles. The Bertz CT molecular complexity index is 1580. The number of aromatic amines is 1. The number of ether oxygens (including phenoxy) is 1. The van der Waals surface area contributed by atoms with Gasteiger partial charge in [-0.05, 0) is 54.3 Å². The van der Waals surface area contributed by atoms with Crippen LogP contribution in [0.3, 0.4) is 0 Å². The third-order valence-electron chi connectivity index (χ3n) is 8.11. The number of rotatable bonds is 6. The van der Waals surface area contributed by atoms with E-state index >= 15 is 0 Å². The number of aromatic nitrogens is 1. The van der Waals surface area contributed by atoms with Crippen LogP contribution in [0.5, 0.6) is 0 Å². The minimum Gasteiger partial charge on any atom is -0.445 e. The van der Waals surface area contributed by atoms with E-state index in [0.717, 1.165) is 60.2 Å². The molecule has 1 aromatic heterocycles. The van der Waals surface area contributed by atoms with Gasteiger partial charge < -0.3 is 19.9 Å². The number of hydrogen-bond donors (Lipinski definition) is 2. The summed E-state index contributed by atoms with van der Waals surface area (Å²) in [6, 6.07) is 25.5. The molecule has 0 aliphatic carbocycles. The van der Waals surface area contributed by atoms with Crippen molar-refractivity contribution in [2.75, 3.05) is 19.6 Å². The number of benzene rings is 3. The normalized spacial score (nSPS) is 15.7. The van der Waals surface area contributed by atoms with Gasteiger partial charge in [-0.3, -0.25) is 9.69 Å². The molecule has 0 saturated carbocycles. The smallest absolute Gasteiger partial charge is 0.410 e. The fourth-order valence-corrected chi connectivity index (χ4v) is 5.77. The maximum atomic E-state index is 13.2. The van der Waals surface area contributed by atoms with Crippen LogP contribution in [0.1, 0.15) is 51.1 Å². The topological polar surface area (TPSA) is 101 Å². The molecule has 2 N–H and O–H groups in total. The van der Waals surface area contributed by atoms with Crippen molar-refractivity contribution in [3.63, 3.8) is 0 Å². The van der Waals surface area contributed by atoms with E-state index in [0.29, 0.717) is 30.6 Å². The van der Waals surface area contributed by atoms with Crippen molar-refractivity contribution in [3.05, 3.63) is 106 Å². The van der Waals surface area contributed by atoms with Crippen LogP contribution in [0.2, 0.25) is 0 Å². The number of nitrogens with zero attached hydrogens (tertiary/aromatic N) is 3. The molecule has 4 aromatic rings. The third kappa shape index (κ3) is 6.11. The van der Waals surface area contributed by atoms with Crippen LogP contribution >= 0.6 is 0 Å². The monoisotopic (exact) mass is 547 g/mol. The maximum Gasteiger partial charge on any atom is 0.410 e. The number of nitrogens with one attached hydrogen (secondary N) is 2. The van der Waals surface area contributed by atoms with Crippen LogP contribution < -0.4 is 5.32 Å². The van der Waals surface area contributed by atoms with Gasteiger partial charge in [-0.15, -0.1) is 0 Å². The quantitative estimate of drug-likeness (QED) is 0.349. The number of H-pyrrole nitrogens is 1. The lowest BCUT2D eigenvalue weighted by Gasteiger charge is -2.32. The van der Waals surface area contributed by atoms with E-state index in [-0.39, 0.29) is 24.6 Å². The lowest BCUT2D eigenvalue weighted by molar-refractivity contribution is 0.0904. The van der Waals surface area contributed by atoms with E-state index in [2.05, 4.69) is 21.3 Å². The lowest BCUT2D eigenvalue weighted by Crippen LogP contribution is -2.44. The van der Waals surface area contributed by atoms with Gasteiger partial charge in [0.25, 0.3) is 5.91 Å². The van der Waals surface area contributed by atoms with Crippen LogP contribution in [-0.4, -0.2) is 52.5 Å². The minimum atomic E-state index is -0.326. The molecular weight excluding hydrogens is 514 g/mol. The highest BCUT2D eigenvalue weighted by Gasteiger charge is 2.26. The second kappa shape index (κ2) is 11.9. The van der Waals surface area contributed by atoms with E-state index in [1.54, 1.807) is 4.90 Å². The third-order valence-corrected chi connectivity index (χ3v) is 8.11. The lowest BCUT2D eigenvalue weighted by atomic mass is 10.0. The van der Waals surface area contributed by atoms with Crippen molar-refractivity contribution in [2.24, 2.45) is 0 Å². The molecule has 8 nitrogen and oxygen atoms in total. The molecular formula is C33H33N5O3. The molecule has 41 heavy (non-hydrogen) atoms. The SMILES string of the molecule is N#Cc1ccc(CN2CCC(NC(=O)c3ccc4[nH]c5c(c4c3)CN(C(=O)OCc3ccccc3)CC5)CC2)cc1. The molecule has 0 bridgehead atoms. The summed E-state index contributed by atoms with van der Waals surface area (Å²) in [7, 11) is 0. The summed E-state index contributed by atoms with van der Waals surface area (Å²) in [6.07, 6.45) is 2.18. The zero-order valence-electron chi connectivity index (χ0n) is 22.9. The summed E-state index contributed by atoms with van der Waals surface area (Å²) >= 11 is 0. The number of nitriles is 1. The number of carbonyl (C=O) groups is 2. The average molecular weight is 548 g/mol. The molecule has 0 unspecified atom stereocenters. The number of amides is 2. The molecule has 1 saturated heterocycles. The first kappa shape index (κ1) is 26.6. The number of carbonyl (C=O) groups excluding carboxylic acids is 2. The number of fused-ring (bicyclic) bond motifs is 3. The number of likely N-dealkylation sites (tertiary alicyclic amines) is 1. The fraction of sp³-hybridized carbons (Fsp3) is 0.303. The summed E-state index contributed by atoms with van der Waals surface area (Å²) < 4.78 is 5.57. The Morgan fingerprint density at radius 1 is 0.976 bits per heavy atom. The van der Waals surface area contributed by atoms with Gasteiger partial charge >= 0.3 is 6.09 Å². The largest absolute Gasteiger partial charge is 0.445 e. The van der Waals surface area contributed by atoms with Gasteiger partial charge in [0.1, 0.15) is 6.61 Å². The fourth-order valence-electron chi connectivity index (χ4n) is 5.77. The van der Waals surface area contributed by atoms with Crippen molar-refractivity contribution < 1.29 is 14.3 Å². The molecule has 0 radical (unpaired) electrons. The van der Waals surface area contributed by atoms with Crippen LogP contribution in [0.25, 0.3) is 10.9 Å². The van der Waals surface area contributed by atoms with Gasteiger partial charge in [-0.2, -0.15) is 5.26 Å². The maximum absolute atomic E-state index is 13.2. The van der Waals surface area contributed by atoms with Gasteiger partial charge in [-0.1, -0.05) is 42.5 Å². The molecule has 1 fully saturated rings. The van der Waals surface area contributed by atoms with E-state index in [1.165, 1.54) is 5.56 Å². The molecule has 3 aromatic carbocycles. The standard InChI is InChI=1S/C33H33N5O3/c34-19-23-6-8-24(9-7-23)20-37-15-12-27(13-16-37)35-32(39)26-10-11-30-28(18-26)29-21-38(17-14-31(29)36-30)33(40)41-22-25-4-2-1-3-5-25/h1-11,18,27,36H,12-17,20-22H2,(H,35,39). The Hall–Kier alpha value is -4.61. The van der Waals surface area contributed by atoms with Crippen LogP contribution in [0, 0.1) is 11.3 Å². The predicted molar refractivity (Wildman–Crippen MR) is 156 cm³/mol. The minimum absolute atomic E-state index is 0.0673. The second-order valence-corrected chi connectivity index (χ2v) is 10.9. The highest BCUT2D eigenvalue weighted by Crippen LogP contribution is 2.29. The molecule has 2 aliphatic rings. The second-order valence-electron chi connectivity index (χ2n) is 10.9. The van der Waals surface area contributed by atoms with Crippen molar-refractivity contribution in [1.29, 1.82) is 5.26 Å². The van der Waals surface area contributed by atoms with E-state index < -0.39 is 0 Å². The van der Waals surface area contributed by atoms with Gasteiger partial charge in [-0.25, -0.2) is 4.79 Å². The molecule has 2 amide bonds. The highest BCUT2D eigenvalue weighted by atomic mass is 16.6. The number of piperidine rings is 1. The average Bonchev–Trinajstić information content (AvgIpc) is 3.39. The Balaban J connectivity index is 1.05. The molecule has 2 aliphatic heterocycles.